The highest BCUT2D eigenvalue weighted by atomic mass is 35.5. The van der Waals surface area contributed by atoms with Crippen LogP contribution in [-0.2, 0) is 12.2 Å². The third kappa shape index (κ3) is 3.39. The Morgan fingerprint density at radius 2 is 2.11 bits per heavy atom. The summed E-state index contributed by atoms with van der Waals surface area (Å²) in [5, 5.41) is 1.37. The zero-order valence-corrected chi connectivity index (χ0v) is 12.4. The minimum atomic E-state index is -0.0448. The monoisotopic (exact) mass is 294 g/mol. The highest BCUT2D eigenvalue weighted by Gasteiger charge is 2.07. The van der Waals surface area contributed by atoms with Gasteiger partial charge in [0.15, 0.2) is 5.16 Å². The van der Waals surface area contributed by atoms with Crippen molar-refractivity contribution >= 4 is 23.4 Å². The smallest absolute Gasteiger partial charge is 0.254 e. The van der Waals surface area contributed by atoms with Gasteiger partial charge < -0.3 is 4.98 Å². The number of aryl methyl sites for hydroxylation is 1. The first-order valence-electron chi connectivity index (χ1n) is 6.07. The van der Waals surface area contributed by atoms with Crippen LogP contribution in [0.3, 0.4) is 0 Å². The average Bonchev–Trinajstić information content (AvgIpc) is 2.37. The van der Waals surface area contributed by atoms with Gasteiger partial charge in [-0.2, -0.15) is 0 Å². The van der Waals surface area contributed by atoms with E-state index in [0.29, 0.717) is 17.3 Å². The maximum absolute atomic E-state index is 11.8. The fourth-order valence-corrected chi connectivity index (χ4v) is 3.02. The van der Waals surface area contributed by atoms with Crippen LogP contribution in [0.4, 0.5) is 0 Å². The molecule has 1 heterocycles. The summed E-state index contributed by atoms with van der Waals surface area (Å²) in [6.07, 6.45) is 0.698. The Bertz CT molecular complexity index is 640. The number of aromatic nitrogens is 2. The first-order chi connectivity index (χ1) is 9.11. The highest BCUT2D eigenvalue weighted by Crippen LogP contribution is 2.24. The molecule has 0 radical (unpaired) electrons. The van der Waals surface area contributed by atoms with Gasteiger partial charge in [0.2, 0.25) is 0 Å². The van der Waals surface area contributed by atoms with Crippen molar-refractivity contribution in [1.29, 1.82) is 0 Å². The van der Waals surface area contributed by atoms with Gasteiger partial charge in [0, 0.05) is 22.0 Å². The predicted octanol–water partition coefficient (Wildman–Crippen LogP) is 3.59. The molecule has 2 rings (SSSR count). The van der Waals surface area contributed by atoms with E-state index in [0.717, 1.165) is 21.8 Å². The molecule has 0 saturated carbocycles. The molecule has 5 heteroatoms. The molecule has 0 aliphatic rings. The van der Waals surface area contributed by atoms with Crippen LogP contribution in [0, 0.1) is 6.92 Å². The van der Waals surface area contributed by atoms with Gasteiger partial charge in [0.25, 0.3) is 5.56 Å². The first-order valence-corrected chi connectivity index (χ1v) is 7.44. The van der Waals surface area contributed by atoms with E-state index in [9.17, 15) is 4.79 Å². The second-order valence-corrected chi connectivity index (χ2v) is 5.54. The van der Waals surface area contributed by atoms with Crippen molar-refractivity contribution in [2.24, 2.45) is 0 Å². The second kappa shape index (κ2) is 6.26. The number of hydrogen-bond donors (Lipinski definition) is 1. The number of H-pyrrole nitrogens is 1. The fourth-order valence-electron chi connectivity index (χ4n) is 1.83. The zero-order chi connectivity index (χ0) is 13.8. The van der Waals surface area contributed by atoms with Crippen molar-refractivity contribution in [1.82, 2.24) is 9.97 Å². The van der Waals surface area contributed by atoms with Crippen LogP contribution >= 0.6 is 23.4 Å². The Morgan fingerprint density at radius 3 is 2.74 bits per heavy atom. The molecule has 100 valence electrons. The van der Waals surface area contributed by atoms with Crippen LogP contribution in [0.15, 0.2) is 34.2 Å². The molecule has 19 heavy (non-hydrogen) atoms. The summed E-state index contributed by atoms with van der Waals surface area (Å²) in [5.41, 5.74) is 2.54. The molecule has 0 bridgehead atoms. The lowest BCUT2D eigenvalue weighted by molar-refractivity contribution is 0.858. The lowest BCUT2D eigenvalue weighted by Gasteiger charge is -2.06. The topological polar surface area (TPSA) is 45.8 Å². The minimum Gasteiger partial charge on any atom is -0.301 e. The van der Waals surface area contributed by atoms with Crippen molar-refractivity contribution in [2.75, 3.05) is 0 Å². The van der Waals surface area contributed by atoms with Gasteiger partial charge in [-0.15, -0.1) is 0 Å². The van der Waals surface area contributed by atoms with E-state index in [1.807, 2.05) is 38.1 Å². The molecule has 0 spiro atoms. The number of nitrogens with zero attached hydrogens (tertiary/aromatic N) is 1. The molecule has 1 aromatic carbocycles. The number of hydrogen-bond acceptors (Lipinski definition) is 3. The van der Waals surface area contributed by atoms with E-state index >= 15 is 0 Å². The van der Waals surface area contributed by atoms with E-state index in [1.54, 1.807) is 0 Å². The van der Waals surface area contributed by atoms with E-state index in [1.165, 1.54) is 11.8 Å². The van der Waals surface area contributed by atoms with Gasteiger partial charge in [-0.25, -0.2) is 4.98 Å². The van der Waals surface area contributed by atoms with Gasteiger partial charge in [-0.1, -0.05) is 48.5 Å². The third-order valence-corrected chi connectivity index (χ3v) is 4.17. The van der Waals surface area contributed by atoms with E-state index < -0.39 is 0 Å². The zero-order valence-electron chi connectivity index (χ0n) is 10.9. The largest absolute Gasteiger partial charge is 0.301 e. The Kier molecular flexibility index (Phi) is 4.66. The number of rotatable bonds is 4. The molecule has 0 saturated heterocycles. The highest BCUT2D eigenvalue weighted by molar-refractivity contribution is 7.98. The summed E-state index contributed by atoms with van der Waals surface area (Å²) in [7, 11) is 0. The molecule has 0 atom stereocenters. The first kappa shape index (κ1) is 14.2. The van der Waals surface area contributed by atoms with Crippen LogP contribution in [0.25, 0.3) is 0 Å². The van der Waals surface area contributed by atoms with Gasteiger partial charge in [0.1, 0.15) is 0 Å². The Labute approximate surface area is 121 Å². The standard InChI is InChI=1S/C14H15ClN2OS/c1-3-11-9(2)16-14(17-13(11)18)19-8-10-6-4-5-7-12(10)15/h4-7H,3,8H2,1-2H3,(H,16,17,18). The Morgan fingerprint density at radius 1 is 1.37 bits per heavy atom. The van der Waals surface area contributed by atoms with Crippen LogP contribution in [0.1, 0.15) is 23.7 Å². The molecular weight excluding hydrogens is 280 g/mol. The summed E-state index contributed by atoms with van der Waals surface area (Å²) >= 11 is 7.58. The molecule has 0 unspecified atom stereocenters. The number of nitrogens with one attached hydrogen (secondary N) is 1. The SMILES string of the molecule is CCc1c(C)nc(SCc2ccccc2Cl)[nH]c1=O. The quantitative estimate of drug-likeness (QED) is 0.692. The molecule has 0 amide bonds. The lowest BCUT2D eigenvalue weighted by atomic mass is 10.2. The molecule has 0 fully saturated rings. The molecule has 0 aliphatic heterocycles. The van der Waals surface area contributed by atoms with Crippen LogP contribution in [0.2, 0.25) is 5.02 Å². The number of benzene rings is 1. The van der Waals surface area contributed by atoms with Crippen molar-refractivity contribution in [2.45, 2.75) is 31.2 Å². The predicted molar refractivity (Wildman–Crippen MR) is 80.0 cm³/mol. The Balaban J connectivity index is 2.17. The van der Waals surface area contributed by atoms with Crippen molar-refractivity contribution < 1.29 is 0 Å². The number of halogens is 1. The van der Waals surface area contributed by atoms with Crippen molar-refractivity contribution in [3.05, 3.63) is 56.5 Å². The third-order valence-electron chi connectivity index (χ3n) is 2.88. The van der Waals surface area contributed by atoms with E-state index in [-0.39, 0.29) is 5.56 Å². The number of aromatic amines is 1. The van der Waals surface area contributed by atoms with Crippen LogP contribution in [-0.4, -0.2) is 9.97 Å². The molecular formula is C14H15ClN2OS. The number of thioether (sulfide) groups is 1. The summed E-state index contributed by atoms with van der Waals surface area (Å²) < 4.78 is 0. The maximum atomic E-state index is 11.8. The second-order valence-electron chi connectivity index (χ2n) is 4.17. The van der Waals surface area contributed by atoms with Crippen molar-refractivity contribution in [3.63, 3.8) is 0 Å². The Hall–Kier alpha value is -1.26. The van der Waals surface area contributed by atoms with E-state index in [4.69, 9.17) is 11.6 Å². The summed E-state index contributed by atoms with van der Waals surface area (Å²) in [4.78, 5) is 19.1. The van der Waals surface area contributed by atoms with E-state index in [2.05, 4.69) is 9.97 Å². The summed E-state index contributed by atoms with van der Waals surface area (Å²) in [5.74, 6) is 0.688. The molecule has 2 aromatic rings. The van der Waals surface area contributed by atoms with Gasteiger partial charge in [-0.3, -0.25) is 4.79 Å². The molecule has 1 aromatic heterocycles. The fraction of sp³-hybridized carbons (Fsp3) is 0.286. The van der Waals surface area contributed by atoms with Gasteiger partial charge >= 0.3 is 0 Å². The molecule has 1 N–H and O–H groups in total. The van der Waals surface area contributed by atoms with Crippen LogP contribution < -0.4 is 5.56 Å². The lowest BCUT2D eigenvalue weighted by Crippen LogP contribution is -2.16. The normalized spacial score (nSPS) is 10.7. The van der Waals surface area contributed by atoms with Gasteiger partial charge in [0.05, 0.1) is 0 Å². The van der Waals surface area contributed by atoms with Crippen molar-refractivity contribution in [3.8, 4) is 0 Å². The molecule has 3 nitrogen and oxygen atoms in total. The molecule has 0 aliphatic carbocycles. The average molecular weight is 295 g/mol. The minimum absolute atomic E-state index is 0.0448. The summed E-state index contributed by atoms with van der Waals surface area (Å²) in [6, 6.07) is 7.68. The van der Waals surface area contributed by atoms with Crippen LogP contribution in [0.5, 0.6) is 0 Å². The van der Waals surface area contributed by atoms with Gasteiger partial charge in [-0.05, 0) is 25.0 Å². The maximum Gasteiger partial charge on any atom is 0.254 e. The summed E-state index contributed by atoms with van der Waals surface area (Å²) in [6.45, 7) is 3.82.